The van der Waals surface area contributed by atoms with E-state index in [1.54, 1.807) is 23.9 Å². The number of pyridine rings is 1. The molecule has 108 valence electrons. The Hall–Kier alpha value is -1.56. The lowest BCUT2D eigenvalue weighted by molar-refractivity contribution is 0.633. The van der Waals surface area contributed by atoms with E-state index in [4.69, 9.17) is 0 Å². The van der Waals surface area contributed by atoms with E-state index in [2.05, 4.69) is 40.2 Å². The maximum atomic E-state index is 12.0. The maximum absolute atomic E-state index is 12.0. The Morgan fingerprint density at radius 1 is 1.40 bits per heavy atom. The molecule has 0 amide bonds. The zero-order valence-electron chi connectivity index (χ0n) is 12.2. The molecule has 0 atom stereocenters. The normalized spacial score (nSPS) is 10.8. The maximum Gasteiger partial charge on any atom is 0.273 e. The largest absolute Gasteiger partial charge is 0.376 e. The van der Waals surface area contributed by atoms with Gasteiger partial charge in [0.2, 0.25) is 0 Å². The summed E-state index contributed by atoms with van der Waals surface area (Å²) in [5, 5.41) is 7.70. The molecule has 0 saturated carbocycles. The SMILES string of the molecule is CCn1nc(C)c(CNc2cc(Br)cn(C)c2=O)c1C. The number of aryl methyl sites for hydroxylation is 3. The minimum atomic E-state index is -0.0358. The number of halogens is 1. The van der Waals surface area contributed by atoms with Crippen LogP contribution < -0.4 is 10.9 Å². The van der Waals surface area contributed by atoms with Gasteiger partial charge in [-0.15, -0.1) is 0 Å². The topological polar surface area (TPSA) is 51.9 Å². The van der Waals surface area contributed by atoms with Crippen LogP contribution in [0.1, 0.15) is 23.9 Å². The van der Waals surface area contributed by atoms with E-state index in [0.29, 0.717) is 12.2 Å². The quantitative estimate of drug-likeness (QED) is 0.932. The van der Waals surface area contributed by atoms with Gasteiger partial charge in [0.05, 0.1) is 5.69 Å². The summed E-state index contributed by atoms with van der Waals surface area (Å²) < 4.78 is 4.41. The van der Waals surface area contributed by atoms with Gasteiger partial charge in [0.15, 0.2) is 0 Å². The fraction of sp³-hybridized carbons (Fsp3) is 0.429. The molecular weight excluding hydrogens is 320 g/mol. The van der Waals surface area contributed by atoms with Gasteiger partial charge in [-0.25, -0.2) is 0 Å². The molecule has 6 heteroatoms. The van der Waals surface area contributed by atoms with E-state index < -0.39 is 0 Å². The van der Waals surface area contributed by atoms with Crippen molar-refractivity contribution in [3.63, 3.8) is 0 Å². The predicted molar refractivity (Wildman–Crippen MR) is 84.1 cm³/mol. The summed E-state index contributed by atoms with van der Waals surface area (Å²) in [5.41, 5.74) is 3.85. The summed E-state index contributed by atoms with van der Waals surface area (Å²) in [7, 11) is 1.74. The number of anilines is 1. The van der Waals surface area contributed by atoms with E-state index in [9.17, 15) is 4.79 Å². The van der Waals surface area contributed by atoms with Crippen molar-refractivity contribution in [2.45, 2.75) is 33.9 Å². The van der Waals surface area contributed by atoms with Crippen LogP contribution in [0.3, 0.4) is 0 Å². The first kappa shape index (κ1) is 14.8. The zero-order chi connectivity index (χ0) is 14.9. The third kappa shape index (κ3) is 2.80. The molecule has 5 nitrogen and oxygen atoms in total. The Labute approximate surface area is 126 Å². The summed E-state index contributed by atoms with van der Waals surface area (Å²) in [4.78, 5) is 12.0. The first-order valence-corrected chi connectivity index (χ1v) is 7.36. The van der Waals surface area contributed by atoms with E-state index in [1.165, 1.54) is 0 Å². The molecule has 0 radical (unpaired) electrons. The van der Waals surface area contributed by atoms with Gasteiger partial charge in [0.1, 0.15) is 5.69 Å². The van der Waals surface area contributed by atoms with Crippen molar-refractivity contribution in [1.29, 1.82) is 0 Å². The highest BCUT2D eigenvalue weighted by Gasteiger charge is 2.11. The smallest absolute Gasteiger partial charge is 0.273 e. The number of hydrogen-bond donors (Lipinski definition) is 1. The first-order valence-electron chi connectivity index (χ1n) is 6.57. The molecule has 0 fully saturated rings. The summed E-state index contributed by atoms with van der Waals surface area (Å²) in [6.07, 6.45) is 1.75. The van der Waals surface area contributed by atoms with Gasteiger partial charge in [-0.3, -0.25) is 9.48 Å². The van der Waals surface area contributed by atoms with Crippen molar-refractivity contribution in [3.05, 3.63) is 44.0 Å². The van der Waals surface area contributed by atoms with Gasteiger partial charge in [0.25, 0.3) is 5.56 Å². The second-order valence-electron chi connectivity index (χ2n) is 4.81. The molecule has 2 rings (SSSR count). The molecule has 1 N–H and O–H groups in total. The van der Waals surface area contributed by atoms with Crippen LogP contribution >= 0.6 is 15.9 Å². The highest BCUT2D eigenvalue weighted by Crippen LogP contribution is 2.16. The molecule has 0 aromatic carbocycles. The van der Waals surface area contributed by atoms with E-state index in [1.807, 2.05) is 11.6 Å². The van der Waals surface area contributed by atoms with Crippen molar-refractivity contribution in [3.8, 4) is 0 Å². The third-order valence-corrected chi connectivity index (χ3v) is 3.87. The summed E-state index contributed by atoms with van der Waals surface area (Å²) >= 11 is 3.40. The average Bonchev–Trinajstić information content (AvgIpc) is 2.67. The van der Waals surface area contributed by atoms with Gasteiger partial charge in [-0.05, 0) is 42.8 Å². The number of rotatable bonds is 4. The van der Waals surface area contributed by atoms with Crippen molar-refractivity contribution in [1.82, 2.24) is 14.3 Å². The summed E-state index contributed by atoms with van der Waals surface area (Å²) in [5.74, 6) is 0. The molecule has 0 aliphatic carbocycles. The fourth-order valence-electron chi connectivity index (χ4n) is 2.28. The van der Waals surface area contributed by atoms with Crippen molar-refractivity contribution >= 4 is 21.6 Å². The molecule has 2 heterocycles. The van der Waals surface area contributed by atoms with Gasteiger partial charge < -0.3 is 9.88 Å². The van der Waals surface area contributed by atoms with Crippen molar-refractivity contribution < 1.29 is 0 Å². The third-order valence-electron chi connectivity index (χ3n) is 3.44. The molecule has 0 spiro atoms. The Kier molecular flexibility index (Phi) is 4.32. The van der Waals surface area contributed by atoms with Crippen LogP contribution in [0, 0.1) is 13.8 Å². The molecule has 0 saturated heterocycles. The Balaban J connectivity index is 2.26. The molecule has 0 unspecified atom stereocenters. The second kappa shape index (κ2) is 5.83. The highest BCUT2D eigenvalue weighted by molar-refractivity contribution is 9.10. The molecule has 2 aromatic heterocycles. The van der Waals surface area contributed by atoms with Crippen LogP contribution in [0.4, 0.5) is 5.69 Å². The number of nitrogens with zero attached hydrogens (tertiary/aromatic N) is 3. The predicted octanol–water partition coefficient (Wildman–Crippen LogP) is 2.59. The first-order chi connectivity index (χ1) is 9.43. The fourth-order valence-corrected chi connectivity index (χ4v) is 2.81. The van der Waals surface area contributed by atoms with Crippen LogP contribution in [0.25, 0.3) is 0 Å². The lowest BCUT2D eigenvalue weighted by Gasteiger charge is -2.09. The van der Waals surface area contributed by atoms with Crippen LogP contribution in [0.5, 0.6) is 0 Å². The Bertz CT molecular complexity index is 687. The minimum Gasteiger partial charge on any atom is -0.376 e. The van der Waals surface area contributed by atoms with Crippen LogP contribution in [-0.4, -0.2) is 14.3 Å². The van der Waals surface area contributed by atoms with Gasteiger partial charge in [0, 0.05) is 42.1 Å². The van der Waals surface area contributed by atoms with Crippen molar-refractivity contribution in [2.75, 3.05) is 5.32 Å². The highest BCUT2D eigenvalue weighted by atomic mass is 79.9. The van der Waals surface area contributed by atoms with Crippen molar-refractivity contribution in [2.24, 2.45) is 7.05 Å². The summed E-state index contributed by atoms with van der Waals surface area (Å²) in [6.45, 7) is 7.57. The molecule has 20 heavy (non-hydrogen) atoms. The second-order valence-corrected chi connectivity index (χ2v) is 5.72. The zero-order valence-corrected chi connectivity index (χ0v) is 13.8. The number of aromatic nitrogens is 3. The monoisotopic (exact) mass is 338 g/mol. The van der Waals surface area contributed by atoms with E-state index in [0.717, 1.165) is 28.0 Å². The molecule has 0 aliphatic rings. The lowest BCUT2D eigenvalue weighted by Crippen LogP contribution is -2.20. The van der Waals surface area contributed by atoms with Crippen LogP contribution in [-0.2, 0) is 20.1 Å². The van der Waals surface area contributed by atoms with Crippen LogP contribution in [0.15, 0.2) is 21.5 Å². The molecule has 0 aliphatic heterocycles. The van der Waals surface area contributed by atoms with E-state index in [-0.39, 0.29) is 5.56 Å². The minimum absolute atomic E-state index is 0.0358. The lowest BCUT2D eigenvalue weighted by atomic mass is 10.2. The number of hydrogen-bond acceptors (Lipinski definition) is 3. The average molecular weight is 339 g/mol. The van der Waals surface area contributed by atoms with E-state index >= 15 is 0 Å². The number of nitrogens with one attached hydrogen (secondary N) is 1. The standard InChI is InChI=1S/C14H19BrN4O/c1-5-19-10(3)12(9(2)17-19)7-16-13-6-11(15)8-18(4)14(13)20/h6,8,16H,5,7H2,1-4H3. The molecule has 0 bridgehead atoms. The Morgan fingerprint density at radius 2 is 2.10 bits per heavy atom. The van der Waals surface area contributed by atoms with Crippen LogP contribution in [0.2, 0.25) is 0 Å². The summed E-state index contributed by atoms with van der Waals surface area (Å²) in [6, 6.07) is 1.80. The van der Waals surface area contributed by atoms with Gasteiger partial charge in [-0.2, -0.15) is 5.10 Å². The van der Waals surface area contributed by atoms with Gasteiger partial charge in [-0.1, -0.05) is 0 Å². The Morgan fingerprint density at radius 3 is 2.70 bits per heavy atom. The van der Waals surface area contributed by atoms with Gasteiger partial charge >= 0.3 is 0 Å². The molecular formula is C14H19BrN4O. The molecule has 2 aromatic rings.